The Morgan fingerprint density at radius 3 is 2.26 bits per heavy atom. The van der Waals surface area contributed by atoms with Gasteiger partial charge < -0.3 is 14.0 Å². The molecule has 1 aliphatic rings. The van der Waals surface area contributed by atoms with Crippen LogP contribution in [0.4, 0.5) is 0 Å². The molecule has 34 heavy (non-hydrogen) atoms. The molecule has 0 spiro atoms. The van der Waals surface area contributed by atoms with Crippen LogP contribution in [0.2, 0.25) is 0 Å². The van der Waals surface area contributed by atoms with Crippen molar-refractivity contribution in [3.05, 3.63) is 76.4 Å². The number of hydrogen-bond donors (Lipinski definition) is 4. The normalized spacial score (nSPS) is 13.0. The molecule has 4 N–H and O–H groups in total. The Morgan fingerprint density at radius 2 is 2.00 bits per heavy atom. The molecule has 1 aliphatic heterocycles. The summed E-state index contributed by atoms with van der Waals surface area (Å²) in [4.78, 5) is 20.2. The topological polar surface area (TPSA) is 241 Å². The monoisotopic (exact) mass is 498 g/mol. The van der Waals surface area contributed by atoms with Gasteiger partial charge in [0, 0.05) is 24.9 Å². The van der Waals surface area contributed by atoms with E-state index >= 15 is 0 Å². The molecule has 18 heteroatoms. The molecule has 1 saturated heterocycles. The predicted molar refractivity (Wildman–Crippen MR) is 114 cm³/mol. The minimum atomic E-state index is -2.98. The first-order valence-corrected chi connectivity index (χ1v) is 10.7. The minimum absolute atomic E-state index is 0.199. The molecule has 1 fully saturated rings. The molecule has 0 amide bonds. The SMILES string of the molecule is C=C1CCCS(=O)(=O)N1.Cn1cnnn1.O=c1cco[nH]1.O=c1ccocc1O.c1nn[nH]n1. The van der Waals surface area contributed by atoms with Crippen molar-refractivity contribution in [2.75, 3.05) is 5.75 Å². The average Bonchev–Trinajstić information content (AvgIpc) is 3.56. The Balaban J connectivity index is 0.000000216. The maximum Gasteiger partial charge on any atom is 0.279 e. The van der Waals surface area contributed by atoms with Crippen LogP contribution in [0.1, 0.15) is 12.8 Å². The van der Waals surface area contributed by atoms with E-state index in [1.54, 1.807) is 7.05 Å². The molecule has 4 aromatic rings. The smallest absolute Gasteiger partial charge is 0.279 e. The van der Waals surface area contributed by atoms with Crippen molar-refractivity contribution < 1.29 is 22.5 Å². The van der Waals surface area contributed by atoms with E-state index in [-0.39, 0.29) is 17.1 Å². The molecule has 4 aromatic heterocycles. The first kappa shape index (κ1) is 27.4. The van der Waals surface area contributed by atoms with Crippen molar-refractivity contribution in [3.63, 3.8) is 0 Å². The molecule has 17 nitrogen and oxygen atoms in total. The second-order valence-corrected chi connectivity index (χ2v) is 7.71. The lowest BCUT2D eigenvalue weighted by Crippen LogP contribution is -2.29. The molecule has 5 heterocycles. The van der Waals surface area contributed by atoms with Crippen LogP contribution < -0.4 is 15.7 Å². The van der Waals surface area contributed by atoms with Crippen LogP contribution in [0.15, 0.2) is 74.4 Å². The van der Waals surface area contributed by atoms with Gasteiger partial charge in [-0.05, 0) is 23.3 Å². The van der Waals surface area contributed by atoms with E-state index in [2.05, 4.69) is 61.5 Å². The van der Waals surface area contributed by atoms with E-state index in [1.165, 1.54) is 35.9 Å². The van der Waals surface area contributed by atoms with E-state index in [4.69, 9.17) is 5.11 Å². The highest BCUT2D eigenvalue weighted by atomic mass is 32.2. The number of aromatic amines is 2. The number of nitrogens with one attached hydrogen (secondary N) is 3. The lowest BCUT2D eigenvalue weighted by molar-refractivity contribution is 0.413. The number of hydrogen-bond acceptors (Lipinski definition) is 13. The fourth-order valence-corrected chi connectivity index (χ4v) is 2.87. The lowest BCUT2D eigenvalue weighted by Gasteiger charge is -2.14. The van der Waals surface area contributed by atoms with Gasteiger partial charge in [-0.2, -0.15) is 10.4 Å². The third-order valence-electron chi connectivity index (χ3n) is 3.09. The van der Waals surface area contributed by atoms with Crippen LogP contribution >= 0.6 is 0 Å². The Hall–Kier alpha value is -4.61. The van der Waals surface area contributed by atoms with Crippen LogP contribution in [-0.2, 0) is 17.1 Å². The first-order chi connectivity index (χ1) is 16.2. The third-order valence-corrected chi connectivity index (χ3v) is 4.52. The molecule has 0 aromatic carbocycles. The molecular formula is C16H22N10O7S. The van der Waals surface area contributed by atoms with Crippen molar-refractivity contribution in [2.24, 2.45) is 7.05 Å². The Kier molecular flexibility index (Phi) is 12.3. The van der Waals surface area contributed by atoms with E-state index in [1.807, 2.05) is 0 Å². The van der Waals surface area contributed by atoms with Gasteiger partial charge in [-0.3, -0.25) is 14.3 Å². The summed E-state index contributed by atoms with van der Waals surface area (Å²) in [5.74, 6) is -0.112. The number of H-pyrrole nitrogens is 2. The second kappa shape index (κ2) is 15.2. The van der Waals surface area contributed by atoms with Gasteiger partial charge in [-0.15, -0.1) is 15.3 Å². The molecule has 184 valence electrons. The number of aryl methyl sites for hydroxylation is 1. The Morgan fingerprint density at radius 1 is 1.21 bits per heavy atom. The molecule has 0 unspecified atom stereocenters. The largest absolute Gasteiger partial charge is 0.502 e. The number of tetrazole rings is 2. The van der Waals surface area contributed by atoms with Crippen LogP contribution in [-0.4, -0.2) is 65.3 Å². The van der Waals surface area contributed by atoms with Gasteiger partial charge in [0.05, 0.1) is 12.0 Å². The molecule has 0 bridgehead atoms. The summed E-state index contributed by atoms with van der Waals surface area (Å²) in [6.07, 6.45) is 7.83. The molecule has 0 radical (unpaired) electrons. The Labute approximate surface area is 191 Å². The number of nitrogens with zero attached hydrogens (tertiary/aromatic N) is 7. The van der Waals surface area contributed by atoms with Crippen molar-refractivity contribution >= 4 is 10.0 Å². The van der Waals surface area contributed by atoms with Crippen molar-refractivity contribution in [1.82, 2.24) is 50.7 Å². The van der Waals surface area contributed by atoms with Crippen LogP contribution in [0.3, 0.4) is 0 Å². The standard InChI is InChI=1S/C5H9NO2S.C5H4O3.C3H3NO2.C2H4N4.CH2N4/c1-5-3-2-4-9(7,8)6-5;6-4-1-2-8-3-5(4)7;5-3-1-2-6-4-3;1-6-2-3-4-5-6;1-2-4-5-3-1/h6H,1-4H2;1-3,7H;1-2H,(H,4,5);2H,1H3;1H,(H,2,3,4,5). The van der Waals surface area contributed by atoms with Gasteiger partial charge in [-0.1, -0.05) is 11.8 Å². The number of rotatable bonds is 0. The number of aromatic hydroxyl groups is 1. The highest BCUT2D eigenvalue weighted by Gasteiger charge is 2.15. The maximum absolute atomic E-state index is 10.7. The first-order valence-electron chi connectivity index (χ1n) is 9.09. The zero-order chi connectivity index (χ0) is 25.2. The number of allylic oxidation sites excluding steroid dienone is 1. The fourth-order valence-electron chi connectivity index (χ4n) is 1.70. The minimum Gasteiger partial charge on any atom is -0.502 e. The van der Waals surface area contributed by atoms with Gasteiger partial charge in [-0.25, -0.2) is 13.1 Å². The summed E-state index contributed by atoms with van der Waals surface area (Å²) in [6.45, 7) is 3.52. The molecule has 0 saturated carbocycles. The number of aromatic nitrogens is 9. The molecular weight excluding hydrogens is 476 g/mol. The summed E-state index contributed by atoms with van der Waals surface area (Å²) in [5.41, 5.74) is -0.00694. The highest BCUT2D eigenvalue weighted by Crippen LogP contribution is 2.08. The second-order valence-electron chi connectivity index (χ2n) is 5.86. The van der Waals surface area contributed by atoms with Gasteiger partial charge in [0.25, 0.3) is 5.56 Å². The van der Waals surface area contributed by atoms with E-state index < -0.39 is 15.5 Å². The van der Waals surface area contributed by atoms with Crippen molar-refractivity contribution in [2.45, 2.75) is 12.8 Å². The summed E-state index contributed by atoms with van der Waals surface area (Å²) >= 11 is 0. The predicted octanol–water partition coefficient (Wildman–Crippen LogP) is -1.06. The highest BCUT2D eigenvalue weighted by molar-refractivity contribution is 7.89. The average molecular weight is 498 g/mol. The molecule has 0 atom stereocenters. The molecule has 0 aliphatic carbocycles. The van der Waals surface area contributed by atoms with Crippen LogP contribution in [0.25, 0.3) is 0 Å². The van der Waals surface area contributed by atoms with E-state index in [9.17, 15) is 18.0 Å². The van der Waals surface area contributed by atoms with Crippen LogP contribution in [0, 0.1) is 0 Å². The van der Waals surface area contributed by atoms with Gasteiger partial charge >= 0.3 is 0 Å². The lowest BCUT2D eigenvalue weighted by atomic mass is 10.3. The van der Waals surface area contributed by atoms with Gasteiger partial charge in [0.1, 0.15) is 18.9 Å². The van der Waals surface area contributed by atoms with Crippen molar-refractivity contribution in [1.29, 1.82) is 0 Å². The summed E-state index contributed by atoms with van der Waals surface area (Å²) in [7, 11) is -1.22. The number of sulfonamides is 1. The van der Waals surface area contributed by atoms with Crippen molar-refractivity contribution in [3.8, 4) is 5.75 Å². The Bertz CT molecular complexity index is 1230. The summed E-state index contributed by atoms with van der Waals surface area (Å²) in [5, 5.41) is 32.9. The van der Waals surface area contributed by atoms with E-state index in [0.29, 0.717) is 12.1 Å². The quantitative estimate of drug-likeness (QED) is 0.226. The fraction of sp³-hybridized carbons (Fsp3) is 0.250. The zero-order valence-corrected chi connectivity index (χ0v) is 18.6. The van der Waals surface area contributed by atoms with Gasteiger partial charge in [0.2, 0.25) is 15.5 Å². The third kappa shape index (κ3) is 13.6. The van der Waals surface area contributed by atoms with Gasteiger partial charge in [0.15, 0.2) is 12.1 Å². The van der Waals surface area contributed by atoms with E-state index in [0.717, 1.165) is 18.8 Å². The summed E-state index contributed by atoms with van der Waals surface area (Å²) < 4.78 is 34.0. The summed E-state index contributed by atoms with van der Waals surface area (Å²) in [6, 6.07) is 2.45. The molecule has 5 rings (SSSR count). The maximum atomic E-state index is 10.7. The van der Waals surface area contributed by atoms with Crippen LogP contribution in [0.5, 0.6) is 5.75 Å². The zero-order valence-electron chi connectivity index (χ0n) is 17.8.